The largest absolute Gasteiger partial charge is 0.383 e. The van der Waals surface area contributed by atoms with Crippen LogP contribution >= 0.6 is 0 Å². The van der Waals surface area contributed by atoms with Gasteiger partial charge in [-0.25, -0.2) is 13.8 Å². The van der Waals surface area contributed by atoms with Crippen molar-refractivity contribution in [1.82, 2.24) is 45.2 Å². The molecule has 0 saturated carbocycles. The number of terminal acetylenes is 1. The minimum atomic E-state index is -0.815. The highest BCUT2D eigenvalue weighted by atomic mass is 19.1. The summed E-state index contributed by atoms with van der Waals surface area (Å²) in [5, 5.41) is 14.8. The Labute approximate surface area is 440 Å². The predicted molar refractivity (Wildman–Crippen MR) is 287 cm³/mol. The Morgan fingerprint density at radius 2 is 1.72 bits per heavy atom. The number of carbonyl (C=O) groups is 4. The van der Waals surface area contributed by atoms with E-state index in [1.165, 1.54) is 11.6 Å². The molecule has 3 unspecified atom stereocenters. The third-order valence-electron chi connectivity index (χ3n) is 16.4. The van der Waals surface area contributed by atoms with Gasteiger partial charge in [0.1, 0.15) is 28.9 Å². The molecule has 7 aliphatic heterocycles. The van der Waals surface area contributed by atoms with Crippen molar-refractivity contribution in [2.75, 3.05) is 94.7 Å². The number of benzene rings is 3. The standard InChI is InChI=1S/C36H37F2N7O.C21H25N5O4/c1-4-26-29(37)11-8-22-6-5-7-27(30(22)26)32-31(38)33-28(15-39-32)34(44-17-23-9-10-24(18-44)41-23)43-35(42-33)40-20-36-13-12-25(19-46-3)45(36)16-21(2)14-36;1-14-5-6-17(19(28)23-14)26-20(29)15-3-2-4-16(18(15)21(26)30)22-7-8-24-9-11-25(13-27)12-10-24/h1,5-8,11,15,23-25,41H,2,9-10,12-14,16-20H2,3H3,(H,40,42,43);2-4,13,17,22H,1,5-12H2,(H,23,28)/t23?,24?,25-,36-;/m0./s1. The highest BCUT2D eigenvalue weighted by molar-refractivity contribution is 6.25. The highest BCUT2D eigenvalue weighted by Crippen LogP contribution is 2.45. The molecule has 5 aromatic rings. The lowest BCUT2D eigenvalue weighted by Gasteiger charge is -2.35. The van der Waals surface area contributed by atoms with Crippen LogP contribution in [0, 0.1) is 24.0 Å². The molecule has 3 aromatic carbocycles. The SMILES string of the molecule is C#Cc1c(F)ccc2cccc(-c3ncc4c(N5CC6CCC(C5)N6)nc(NC[C@@]56CC[C@@H](COC)N5CC(=C)C6)nc4c3F)c12.C=C1CCC(N2C(=O)c3cccc(NCCN4CCN(C=O)CC4)c3C2=O)C(=O)N1. The molecule has 2 bridgehead atoms. The third kappa shape index (κ3) is 9.41. The monoisotopic (exact) mass is 1030 g/mol. The van der Waals surface area contributed by atoms with Crippen molar-refractivity contribution < 1.29 is 32.7 Å². The number of piperazine rings is 2. The quantitative estimate of drug-likeness (QED) is 0.0501. The van der Waals surface area contributed by atoms with Crippen LogP contribution in [0.3, 0.4) is 0 Å². The summed E-state index contributed by atoms with van der Waals surface area (Å²) < 4.78 is 37.2. The number of hydrogen-bond acceptors (Lipinski definition) is 14. The zero-order valence-corrected chi connectivity index (χ0v) is 42.7. The van der Waals surface area contributed by atoms with Gasteiger partial charge in [-0.3, -0.25) is 38.9 Å². The van der Waals surface area contributed by atoms with Crippen LogP contribution in [0.15, 0.2) is 79.2 Å². The molecule has 9 heterocycles. The number of rotatable bonds is 13. The second-order valence-electron chi connectivity index (χ2n) is 21.1. The second kappa shape index (κ2) is 21.0. The Morgan fingerprint density at radius 3 is 2.47 bits per heavy atom. The topological polar surface area (TPSA) is 180 Å². The lowest BCUT2D eigenvalue weighted by molar-refractivity contribution is -0.125. The molecule has 76 heavy (non-hydrogen) atoms. The van der Waals surface area contributed by atoms with Crippen LogP contribution in [0.5, 0.6) is 0 Å². The van der Waals surface area contributed by atoms with E-state index >= 15 is 4.39 Å². The third-order valence-corrected chi connectivity index (χ3v) is 16.4. The number of anilines is 3. The molecule has 4 amide bonds. The van der Waals surface area contributed by atoms with Gasteiger partial charge in [-0.2, -0.15) is 4.98 Å². The van der Waals surface area contributed by atoms with E-state index in [2.05, 4.69) is 60.0 Å². The number of nitrogens with zero attached hydrogens (tertiary/aromatic N) is 8. The summed E-state index contributed by atoms with van der Waals surface area (Å²) in [6, 6.07) is 13.7. The lowest BCUT2D eigenvalue weighted by Crippen LogP contribution is -2.51. The van der Waals surface area contributed by atoms with Crippen molar-refractivity contribution in [3.8, 4) is 23.6 Å². The minimum Gasteiger partial charge on any atom is -0.383 e. The molecule has 0 spiro atoms. The molecule has 0 aliphatic carbocycles. The van der Waals surface area contributed by atoms with Gasteiger partial charge in [0, 0.05) is 125 Å². The van der Waals surface area contributed by atoms with E-state index in [0.29, 0.717) is 120 Å². The maximum Gasteiger partial charge on any atom is 0.264 e. The average molecular weight is 1030 g/mol. The molecule has 19 heteroatoms. The van der Waals surface area contributed by atoms with Crippen LogP contribution in [0.2, 0.25) is 0 Å². The van der Waals surface area contributed by atoms with Crippen molar-refractivity contribution in [3.63, 3.8) is 0 Å². The number of allylic oxidation sites excluding steroid dienone is 1. The van der Waals surface area contributed by atoms with Crippen molar-refractivity contribution in [2.24, 2.45) is 0 Å². The van der Waals surface area contributed by atoms with Gasteiger partial charge >= 0.3 is 0 Å². The van der Waals surface area contributed by atoms with Crippen molar-refractivity contribution in [2.45, 2.75) is 74.7 Å². The summed E-state index contributed by atoms with van der Waals surface area (Å²) in [7, 11) is 1.75. The lowest BCUT2D eigenvalue weighted by atomic mass is 9.92. The van der Waals surface area contributed by atoms with E-state index in [9.17, 15) is 23.6 Å². The number of fused-ring (bicyclic) bond motifs is 6. The molecule has 6 saturated heterocycles. The number of halogens is 2. The predicted octanol–water partition coefficient (Wildman–Crippen LogP) is 5.53. The van der Waals surface area contributed by atoms with Gasteiger partial charge in [0.15, 0.2) is 5.82 Å². The highest BCUT2D eigenvalue weighted by Gasteiger charge is 2.50. The minimum absolute atomic E-state index is 0.0752. The van der Waals surface area contributed by atoms with Crippen LogP contribution in [0.1, 0.15) is 71.2 Å². The Hall–Kier alpha value is -7.37. The Bertz CT molecular complexity index is 3220. The Kier molecular flexibility index (Phi) is 14.0. The number of amides is 4. The molecule has 6 fully saturated rings. The van der Waals surface area contributed by atoms with E-state index in [1.807, 2.05) is 6.07 Å². The smallest absolute Gasteiger partial charge is 0.264 e. The van der Waals surface area contributed by atoms with E-state index in [4.69, 9.17) is 21.1 Å². The number of aromatic nitrogens is 3. The fourth-order valence-corrected chi connectivity index (χ4v) is 12.6. The maximum absolute atomic E-state index is 16.9. The number of methoxy groups -OCH3 is 1. The van der Waals surface area contributed by atoms with Crippen LogP contribution in [0.25, 0.3) is 32.9 Å². The van der Waals surface area contributed by atoms with E-state index in [1.54, 1.807) is 54.6 Å². The first-order valence-corrected chi connectivity index (χ1v) is 26.2. The Balaban J connectivity index is 0.000000178. The molecule has 0 radical (unpaired) electrons. The maximum atomic E-state index is 16.9. The molecule has 7 aliphatic rings. The zero-order valence-electron chi connectivity index (χ0n) is 42.7. The molecule has 12 rings (SSSR count). The molecule has 5 atom stereocenters. The molecule has 2 aromatic heterocycles. The van der Waals surface area contributed by atoms with Gasteiger partial charge in [-0.05, 0) is 68.5 Å². The van der Waals surface area contributed by atoms with Crippen LogP contribution < -0.4 is 26.2 Å². The summed E-state index contributed by atoms with van der Waals surface area (Å²) in [6.07, 6.45) is 14.3. The fraction of sp³-hybridized carbons (Fsp3) is 0.421. The molecule has 394 valence electrons. The summed E-state index contributed by atoms with van der Waals surface area (Å²) in [6.45, 7) is 16.1. The number of hydrogen-bond donors (Lipinski definition) is 4. The van der Waals surface area contributed by atoms with Gasteiger partial charge in [0.05, 0.1) is 28.7 Å². The normalized spacial score (nSPS) is 24.4. The van der Waals surface area contributed by atoms with Crippen molar-refractivity contribution in [3.05, 3.63) is 107 Å². The first-order valence-electron chi connectivity index (χ1n) is 26.2. The van der Waals surface area contributed by atoms with E-state index in [-0.39, 0.29) is 28.2 Å². The van der Waals surface area contributed by atoms with E-state index < -0.39 is 29.5 Å². The Morgan fingerprint density at radius 1 is 0.947 bits per heavy atom. The molecule has 4 N–H and O–H groups in total. The van der Waals surface area contributed by atoms with Crippen LogP contribution in [-0.4, -0.2) is 168 Å². The van der Waals surface area contributed by atoms with E-state index in [0.717, 1.165) is 82.7 Å². The number of imide groups is 1. The van der Waals surface area contributed by atoms with Gasteiger partial charge in [0.25, 0.3) is 11.8 Å². The summed E-state index contributed by atoms with van der Waals surface area (Å²) >= 11 is 0. The first-order chi connectivity index (χ1) is 36.9. The number of ether oxygens (including phenoxy) is 1. The molecule has 17 nitrogen and oxygen atoms in total. The summed E-state index contributed by atoms with van der Waals surface area (Å²) in [4.78, 5) is 73.4. The number of piperidine rings is 1. The second-order valence-corrected chi connectivity index (χ2v) is 21.1. The van der Waals surface area contributed by atoms with Crippen LogP contribution in [0.4, 0.5) is 26.2 Å². The average Bonchev–Trinajstić information content (AvgIpc) is 4.21. The van der Waals surface area contributed by atoms with Crippen LogP contribution in [-0.2, 0) is 14.3 Å². The first kappa shape index (κ1) is 50.8. The van der Waals surface area contributed by atoms with Crippen molar-refractivity contribution in [1.29, 1.82) is 0 Å². The molecular formula is C57H62F2N12O5. The van der Waals surface area contributed by atoms with Gasteiger partial charge in [-0.15, -0.1) is 6.42 Å². The number of carbonyl (C=O) groups excluding carboxylic acids is 4. The zero-order chi connectivity index (χ0) is 52.8. The summed E-state index contributed by atoms with van der Waals surface area (Å²) in [5.74, 6) is 1.15. The van der Waals surface area contributed by atoms with Gasteiger partial charge in [0.2, 0.25) is 18.3 Å². The number of nitrogens with one attached hydrogen (secondary N) is 4. The molecular weight excluding hydrogens is 971 g/mol. The van der Waals surface area contributed by atoms with Gasteiger partial charge in [-0.1, -0.05) is 55.0 Å². The van der Waals surface area contributed by atoms with Gasteiger partial charge < -0.3 is 35.8 Å². The fourth-order valence-electron chi connectivity index (χ4n) is 12.6. The summed E-state index contributed by atoms with van der Waals surface area (Å²) in [5.41, 5.74) is 3.69. The van der Waals surface area contributed by atoms with Crippen molar-refractivity contribution >= 4 is 63.3 Å². The number of pyridine rings is 1.